The fraction of sp³-hybridized carbons (Fsp3) is 0.500. The molecule has 2 saturated heterocycles. The number of halogens is 6. The Morgan fingerprint density at radius 2 is 1.77 bits per heavy atom. The van der Waals surface area contributed by atoms with Crippen LogP contribution >= 0.6 is 0 Å². The fourth-order valence-corrected chi connectivity index (χ4v) is 4.95. The summed E-state index contributed by atoms with van der Waals surface area (Å²) >= 11 is 0. The number of piperazine rings is 1. The highest BCUT2D eigenvalue weighted by molar-refractivity contribution is 5.89. The van der Waals surface area contributed by atoms with Crippen LogP contribution in [0.15, 0.2) is 36.5 Å². The van der Waals surface area contributed by atoms with E-state index in [0.717, 1.165) is 25.9 Å². The Morgan fingerprint density at radius 3 is 2.40 bits per heavy atom. The summed E-state index contributed by atoms with van der Waals surface area (Å²) in [4.78, 5) is 22.1. The number of aromatic nitrogens is 1. The van der Waals surface area contributed by atoms with Crippen LogP contribution in [0.1, 0.15) is 41.3 Å². The highest BCUT2D eigenvalue weighted by Crippen LogP contribution is 2.38. The normalized spacial score (nSPS) is 20.5. The van der Waals surface area contributed by atoms with E-state index < -0.39 is 41.8 Å². The van der Waals surface area contributed by atoms with Crippen LogP contribution in [0.3, 0.4) is 0 Å². The van der Waals surface area contributed by atoms with E-state index in [1.807, 2.05) is 4.90 Å². The average molecular weight is 500 g/mol. The molecule has 0 saturated carbocycles. The Labute approximate surface area is 199 Å². The van der Waals surface area contributed by atoms with Crippen molar-refractivity contribution < 1.29 is 31.1 Å². The molecule has 0 spiro atoms. The summed E-state index contributed by atoms with van der Waals surface area (Å²) in [6, 6.07) is 4.36. The number of benzene rings is 1. The molecule has 3 heterocycles. The van der Waals surface area contributed by atoms with Gasteiger partial charge in [0.05, 0.1) is 23.7 Å². The molecule has 0 amide bonds. The number of ketones is 1. The molecule has 4 rings (SSSR count). The second-order valence-electron chi connectivity index (χ2n) is 9.02. The van der Waals surface area contributed by atoms with Crippen LogP contribution < -0.4 is 5.32 Å². The molecule has 2 aliphatic heterocycles. The zero-order chi connectivity index (χ0) is 25.4. The van der Waals surface area contributed by atoms with Gasteiger partial charge in [0.2, 0.25) is 0 Å². The van der Waals surface area contributed by atoms with E-state index in [-0.39, 0.29) is 11.8 Å². The number of nitrogens with one attached hydrogen (secondary N) is 1. The maximum absolute atomic E-state index is 13.4. The summed E-state index contributed by atoms with van der Waals surface area (Å²) in [7, 11) is 0. The molecule has 11 heteroatoms. The van der Waals surface area contributed by atoms with Crippen LogP contribution in [0, 0.1) is 6.92 Å². The predicted octanol–water partition coefficient (Wildman–Crippen LogP) is 4.93. The zero-order valence-corrected chi connectivity index (χ0v) is 19.1. The predicted molar refractivity (Wildman–Crippen MR) is 118 cm³/mol. The van der Waals surface area contributed by atoms with Crippen LogP contribution in [0.5, 0.6) is 0 Å². The molecule has 1 unspecified atom stereocenters. The van der Waals surface area contributed by atoms with Gasteiger partial charge in [-0.05, 0) is 56.1 Å². The molecule has 1 aromatic carbocycles. The van der Waals surface area contributed by atoms with Crippen molar-refractivity contribution in [2.75, 3.05) is 38.0 Å². The molecular weight excluding hydrogens is 474 g/mol. The van der Waals surface area contributed by atoms with Gasteiger partial charge < -0.3 is 5.32 Å². The molecular formula is C24H26F6N4O. The molecule has 0 aliphatic carbocycles. The standard InChI is InChI=1S/C24H26F6N4O/c1-15-20(5-2-6-31-15)22(34-9-8-33-7-3-4-19(33)14-34)21(35)13-32-18-11-16(23(25,26)27)10-17(12-18)24(28,29)30/h2,5-6,10-12,19,22,32H,3-4,7-9,13-14H2,1H3/t19-,22?/m1/s1. The number of carbonyl (C=O) groups excluding carboxylic acids is 1. The van der Waals surface area contributed by atoms with Gasteiger partial charge in [0.1, 0.15) is 0 Å². The first-order chi connectivity index (χ1) is 16.4. The molecule has 2 aromatic rings. The number of Topliss-reactive ketones (excluding diaryl/α,β-unsaturated/α-hetero) is 1. The number of rotatable bonds is 6. The maximum Gasteiger partial charge on any atom is 0.416 e. The molecule has 1 aromatic heterocycles. The monoisotopic (exact) mass is 500 g/mol. The van der Waals surface area contributed by atoms with Gasteiger partial charge in [-0.25, -0.2) is 0 Å². The van der Waals surface area contributed by atoms with Crippen LogP contribution in [0.25, 0.3) is 0 Å². The number of aryl methyl sites for hydroxylation is 1. The minimum absolute atomic E-state index is 0.0654. The molecule has 2 fully saturated rings. The summed E-state index contributed by atoms with van der Waals surface area (Å²) in [6.45, 7) is 4.45. The van der Waals surface area contributed by atoms with Crippen LogP contribution in [0.2, 0.25) is 0 Å². The lowest BCUT2D eigenvalue weighted by atomic mass is 9.97. The van der Waals surface area contributed by atoms with Gasteiger partial charge in [0.15, 0.2) is 5.78 Å². The van der Waals surface area contributed by atoms with Gasteiger partial charge in [0, 0.05) is 43.3 Å². The molecule has 2 aliphatic rings. The third kappa shape index (κ3) is 5.78. The van der Waals surface area contributed by atoms with Crippen molar-refractivity contribution in [2.24, 2.45) is 0 Å². The van der Waals surface area contributed by atoms with E-state index in [4.69, 9.17) is 0 Å². The molecule has 5 nitrogen and oxygen atoms in total. The van der Waals surface area contributed by atoms with Crippen LogP contribution in [-0.2, 0) is 17.1 Å². The topological polar surface area (TPSA) is 48.5 Å². The number of fused-ring (bicyclic) bond motifs is 1. The van der Waals surface area contributed by atoms with Crippen molar-refractivity contribution in [1.82, 2.24) is 14.8 Å². The number of hydrogen-bond acceptors (Lipinski definition) is 5. The number of pyridine rings is 1. The molecule has 0 bridgehead atoms. The SMILES string of the molecule is Cc1ncccc1C(C(=O)CNc1cc(C(F)(F)F)cc(C(F)(F)F)c1)N1CCN2CCC[C@@H]2C1. The second-order valence-corrected chi connectivity index (χ2v) is 9.02. The van der Waals surface area contributed by atoms with Gasteiger partial charge in [-0.1, -0.05) is 6.07 Å². The second kappa shape index (κ2) is 9.77. The third-order valence-corrected chi connectivity index (χ3v) is 6.69. The average Bonchev–Trinajstić information content (AvgIpc) is 3.26. The lowest BCUT2D eigenvalue weighted by Crippen LogP contribution is -2.53. The largest absolute Gasteiger partial charge is 0.416 e. The van der Waals surface area contributed by atoms with Crippen molar-refractivity contribution in [3.8, 4) is 0 Å². The van der Waals surface area contributed by atoms with E-state index in [1.165, 1.54) is 0 Å². The lowest BCUT2D eigenvalue weighted by Gasteiger charge is -2.41. The highest BCUT2D eigenvalue weighted by Gasteiger charge is 2.38. The quantitative estimate of drug-likeness (QED) is 0.570. The van der Waals surface area contributed by atoms with E-state index in [2.05, 4.69) is 15.2 Å². The van der Waals surface area contributed by atoms with E-state index in [1.54, 1.807) is 25.3 Å². The first-order valence-electron chi connectivity index (χ1n) is 11.4. The third-order valence-electron chi connectivity index (χ3n) is 6.69. The minimum atomic E-state index is -4.96. The van der Waals surface area contributed by atoms with Crippen molar-refractivity contribution >= 4 is 11.5 Å². The first kappa shape index (κ1) is 25.4. The Balaban J connectivity index is 1.59. The summed E-state index contributed by atoms with van der Waals surface area (Å²) < 4.78 is 79.2. The number of anilines is 1. The van der Waals surface area contributed by atoms with Gasteiger partial charge >= 0.3 is 12.4 Å². The van der Waals surface area contributed by atoms with Gasteiger partial charge in [-0.15, -0.1) is 0 Å². The van der Waals surface area contributed by atoms with Gasteiger partial charge in [0.25, 0.3) is 0 Å². The molecule has 2 atom stereocenters. The van der Waals surface area contributed by atoms with Crippen LogP contribution in [-0.4, -0.2) is 59.3 Å². The smallest absolute Gasteiger partial charge is 0.378 e. The Hall–Kier alpha value is -2.66. The highest BCUT2D eigenvalue weighted by atomic mass is 19.4. The molecule has 0 radical (unpaired) electrons. The Morgan fingerprint density at radius 1 is 1.09 bits per heavy atom. The van der Waals surface area contributed by atoms with Crippen molar-refractivity contribution in [2.45, 2.75) is 44.2 Å². The zero-order valence-electron chi connectivity index (χ0n) is 19.1. The van der Waals surface area contributed by atoms with E-state index >= 15 is 0 Å². The number of alkyl halides is 6. The molecule has 1 N–H and O–H groups in total. The van der Waals surface area contributed by atoms with E-state index in [0.29, 0.717) is 42.5 Å². The number of hydrogen-bond donors (Lipinski definition) is 1. The Bertz CT molecular complexity index is 1040. The van der Waals surface area contributed by atoms with Crippen molar-refractivity contribution in [3.05, 3.63) is 58.9 Å². The van der Waals surface area contributed by atoms with Crippen molar-refractivity contribution in [1.29, 1.82) is 0 Å². The van der Waals surface area contributed by atoms with Crippen LogP contribution in [0.4, 0.5) is 32.0 Å². The van der Waals surface area contributed by atoms with E-state index in [9.17, 15) is 31.1 Å². The summed E-state index contributed by atoms with van der Waals surface area (Å²) in [5.41, 5.74) is -1.94. The maximum atomic E-state index is 13.4. The molecule has 35 heavy (non-hydrogen) atoms. The molecule has 190 valence electrons. The Kier molecular flexibility index (Phi) is 7.10. The summed E-state index contributed by atoms with van der Waals surface area (Å²) in [5, 5.41) is 2.52. The first-order valence-corrected chi connectivity index (χ1v) is 11.4. The summed E-state index contributed by atoms with van der Waals surface area (Å²) in [6.07, 6.45) is -6.21. The number of carbonyl (C=O) groups is 1. The summed E-state index contributed by atoms with van der Waals surface area (Å²) in [5.74, 6) is -0.349. The van der Waals surface area contributed by atoms with Crippen molar-refractivity contribution in [3.63, 3.8) is 0 Å². The lowest BCUT2D eigenvalue weighted by molar-refractivity contribution is -0.143. The van der Waals surface area contributed by atoms with Gasteiger partial charge in [-0.2, -0.15) is 26.3 Å². The number of nitrogens with zero attached hydrogens (tertiary/aromatic N) is 3. The van der Waals surface area contributed by atoms with Gasteiger partial charge in [-0.3, -0.25) is 19.6 Å². The minimum Gasteiger partial charge on any atom is -0.378 e. The fourth-order valence-electron chi connectivity index (χ4n) is 4.95.